The molecule has 0 bridgehead atoms. The number of anilines is 2. The summed E-state index contributed by atoms with van der Waals surface area (Å²) in [6.07, 6.45) is 0. The lowest BCUT2D eigenvalue weighted by atomic mass is 10.2. The zero-order chi connectivity index (χ0) is 21.0. The molecule has 0 atom stereocenters. The molecule has 0 aliphatic heterocycles. The number of carbonyl (C=O) groups excluding carboxylic acids is 1. The van der Waals surface area contributed by atoms with Crippen LogP contribution < -0.4 is 26.6 Å². The smallest absolute Gasteiger partial charge is 0.330 e. The van der Waals surface area contributed by atoms with Crippen molar-refractivity contribution in [2.75, 3.05) is 24.3 Å². The van der Waals surface area contributed by atoms with Gasteiger partial charge in [-0.3, -0.25) is 19.1 Å². The van der Waals surface area contributed by atoms with Gasteiger partial charge in [-0.25, -0.2) is 9.18 Å². The Morgan fingerprint density at radius 1 is 1.14 bits per heavy atom. The molecule has 0 radical (unpaired) electrons. The van der Waals surface area contributed by atoms with E-state index in [9.17, 15) is 18.8 Å². The molecule has 0 aliphatic rings. The number of likely N-dealkylation sites (N-methyl/N-ethyl adjacent to an activating group) is 1. The number of amides is 1. The molecule has 0 fully saturated rings. The number of rotatable bonds is 6. The number of hydrogen-bond acceptors (Lipinski definition) is 5. The number of nitrogens with zero attached hydrogens (tertiary/aromatic N) is 2. The van der Waals surface area contributed by atoms with Crippen molar-refractivity contribution in [2.24, 2.45) is 0 Å². The number of benzene rings is 2. The molecule has 1 amide bonds. The molecule has 1 aromatic heterocycles. The molecule has 1 heterocycles. The third-order valence-corrected chi connectivity index (χ3v) is 4.29. The molecule has 0 aliphatic carbocycles. The molecule has 0 saturated heterocycles. The zero-order valence-electron chi connectivity index (χ0n) is 15.6. The molecular formula is C20H19FN4O4. The second kappa shape index (κ2) is 8.42. The molecule has 2 aromatic carbocycles. The number of aromatic amines is 1. The molecule has 3 rings (SSSR count). The van der Waals surface area contributed by atoms with Gasteiger partial charge in [-0.1, -0.05) is 42.5 Å². The number of halogens is 1. The second-order valence-electron chi connectivity index (χ2n) is 6.24. The maximum absolute atomic E-state index is 13.6. The molecule has 3 N–H and O–H groups in total. The van der Waals surface area contributed by atoms with Gasteiger partial charge in [0.15, 0.2) is 23.9 Å². The van der Waals surface area contributed by atoms with E-state index in [4.69, 9.17) is 10.5 Å². The van der Waals surface area contributed by atoms with Crippen molar-refractivity contribution in [3.63, 3.8) is 0 Å². The van der Waals surface area contributed by atoms with Crippen molar-refractivity contribution in [3.05, 3.63) is 86.8 Å². The van der Waals surface area contributed by atoms with Crippen LogP contribution in [0.1, 0.15) is 5.56 Å². The maximum Gasteiger partial charge on any atom is 0.330 e. The molecule has 29 heavy (non-hydrogen) atoms. The Hall–Kier alpha value is -3.88. The van der Waals surface area contributed by atoms with E-state index < -0.39 is 29.6 Å². The van der Waals surface area contributed by atoms with Crippen LogP contribution >= 0.6 is 0 Å². The molecule has 0 spiro atoms. The largest absolute Gasteiger partial charge is 0.481 e. The fraction of sp³-hybridized carbons (Fsp3) is 0.150. The summed E-state index contributed by atoms with van der Waals surface area (Å²) in [4.78, 5) is 40.1. The van der Waals surface area contributed by atoms with Gasteiger partial charge in [-0.05, 0) is 17.7 Å². The summed E-state index contributed by atoms with van der Waals surface area (Å²) in [5, 5.41) is 0. The first-order valence-corrected chi connectivity index (χ1v) is 8.69. The lowest BCUT2D eigenvalue weighted by Crippen LogP contribution is -2.41. The predicted molar refractivity (Wildman–Crippen MR) is 107 cm³/mol. The van der Waals surface area contributed by atoms with Crippen LogP contribution in [-0.2, 0) is 11.3 Å². The summed E-state index contributed by atoms with van der Waals surface area (Å²) in [6, 6.07) is 14.7. The van der Waals surface area contributed by atoms with Crippen LogP contribution in [0.4, 0.5) is 15.9 Å². The van der Waals surface area contributed by atoms with E-state index in [0.29, 0.717) is 0 Å². The monoisotopic (exact) mass is 398 g/mol. The SMILES string of the molecule is CN(C(=O)COc1ccccc1F)c1c(N)n(Cc2ccccc2)c(=O)[nH]c1=O. The summed E-state index contributed by atoms with van der Waals surface area (Å²) in [5.41, 5.74) is 5.15. The Morgan fingerprint density at radius 2 is 1.79 bits per heavy atom. The first-order chi connectivity index (χ1) is 13.9. The molecule has 8 nitrogen and oxygen atoms in total. The Morgan fingerprint density at radius 3 is 2.48 bits per heavy atom. The molecule has 3 aromatic rings. The maximum atomic E-state index is 13.6. The van der Waals surface area contributed by atoms with Crippen LogP contribution in [0.25, 0.3) is 0 Å². The highest BCUT2D eigenvalue weighted by Gasteiger charge is 2.21. The molecular weight excluding hydrogens is 379 g/mol. The van der Waals surface area contributed by atoms with Crippen molar-refractivity contribution < 1.29 is 13.9 Å². The Labute approximate surface area is 165 Å². The average Bonchev–Trinajstić information content (AvgIpc) is 2.71. The van der Waals surface area contributed by atoms with E-state index in [1.807, 2.05) is 6.07 Å². The van der Waals surface area contributed by atoms with Gasteiger partial charge in [0, 0.05) is 7.05 Å². The van der Waals surface area contributed by atoms with Gasteiger partial charge in [0.2, 0.25) is 0 Å². The van der Waals surface area contributed by atoms with Gasteiger partial charge in [0.05, 0.1) is 6.54 Å². The molecule has 0 unspecified atom stereocenters. The summed E-state index contributed by atoms with van der Waals surface area (Å²) in [6.45, 7) is -0.406. The van der Waals surface area contributed by atoms with Crippen molar-refractivity contribution in [2.45, 2.75) is 6.54 Å². The minimum atomic E-state index is -0.807. The standard InChI is InChI=1S/C20H19FN4O4/c1-24(16(26)12-29-15-10-6-5-9-14(15)21)17-18(22)25(20(28)23-19(17)27)11-13-7-3-2-4-8-13/h2-10H,11-12,22H2,1H3,(H,23,27,28). The summed E-state index contributed by atoms with van der Waals surface area (Å²) in [7, 11) is 1.32. The third-order valence-electron chi connectivity index (χ3n) is 4.29. The minimum Gasteiger partial charge on any atom is -0.481 e. The normalized spacial score (nSPS) is 10.6. The highest BCUT2D eigenvalue weighted by Crippen LogP contribution is 2.18. The van der Waals surface area contributed by atoms with E-state index in [0.717, 1.165) is 15.0 Å². The van der Waals surface area contributed by atoms with Crippen LogP contribution in [0.5, 0.6) is 5.75 Å². The topological polar surface area (TPSA) is 110 Å². The van der Waals surface area contributed by atoms with Crippen LogP contribution in [0, 0.1) is 5.82 Å². The lowest BCUT2D eigenvalue weighted by molar-refractivity contribution is -0.120. The number of hydrogen-bond donors (Lipinski definition) is 2. The first-order valence-electron chi connectivity index (χ1n) is 8.69. The average molecular weight is 398 g/mol. The lowest BCUT2D eigenvalue weighted by Gasteiger charge is -2.20. The summed E-state index contributed by atoms with van der Waals surface area (Å²) < 4.78 is 20.0. The number of ether oxygens (including phenoxy) is 1. The van der Waals surface area contributed by atoms with Crippen molar-refractivity contribution in [1.82, 2.24) is 9.55 Å². The van der Waals surface area contributed by atoms with Crippen LogP contribution in [0.2, 0.25) is 0 Å². The zero-order valence-corrected chi connectivity index (χ0v) is 15.6. The Kier molecular flexibility index (Phi) is 5.77. The second-order valence-corrected chi connectivity index (χ2v) is 6.24. The van der Waals surface area contributed by atoms with Crippen molar-refractivity contribution >= 4 is 17.4 Å². The van der Waals surface area contributed by atoms with Gasteiger partial charge in [-0.15, -0.1) is 0 Å². The number of nitrogens with one attached hydrogen (secondary N) is 1. The molecule has 9 heteroatoms. The number of carbonyl (C=O) groups is 1. The molecule has 150 valence electrons. The Bertz CT molecular complexity index is 1140. The fourth-order valence-corrected chi connectivity index (χ4v) is 2.75. The number of H-pyrrole nitrogens is 1. The van der Waals surface area contributed by atoms with E-state index in [1.165, 1.54) is 25.2 Å². The van der Waals surface area contributed by atoms with Gasteiger partial charge in [-0.2, -0.15) is 0 Å². The van der Waals surface area contributed by atoms with E-state index >= 15 is 0 Å². The minimum absolute atomic E-state index is 0.0924. The van der Waals surface area contributed by atoms with Crippen LogP contribution in [-0.4, -0.2) is 29.1 Å². The van der Waals surface area contributed by atoms with E-state index in [-0.39, 0.29) is 23.8 Å². The summed E-state index contributed by atoms with van der Waals surface area (Å²) >= 11 is 0. The van der Waals surface area contributed by atoms with E-state index in [1.54, 1.807) is 30.3 Å². The van der Waals surface area contributed by atoms with Gasteiger partial charge >= 0.3 is 5.69 Å². The van der Waals surface area contributed by atoms with Gasteiger partial charge in [0.25, 0.3) is 11.5 Å². The van der Waals surface area contributed by atoms with Gasteiger partial charge in [0.1, 0.15) is 5.82 Å². The summed E-state index contributed by atoms with van der Waals surface area (Å²) in [5.74, 6) is -1.51. The number of nitrogen functional groups attached to an aromatic ring is 1. The number of nitrogens with two attached hydrogens (primary N) is 1. The third kappa shape index (κ3) is 4.34. The number of para-hydroxylation sites is 1. The van der Waals surface area contributed by atoms with Crippen molar-refractivity contribution in [1.29, 1.82) is 0 Å². The molecule has 0 saturated carbocycles. The number of aromatic nitrogens is 2. The van der Waals surface area contributed by atoms with Gasteiger partial charge < -0.3 is 15.4 Å². The highest BCUT2D eigenvalue weighted by molar-refractivity contribution is 5.96. The van der Waals surface area contributed by atoms with Crippen LogP contribution in [0.3, 0.4) is 0 Å². The highest BCUT2D eigenvalue weighted by atomic mass is 19.1. The first kappa shape index (κ1) is 19.9. The predicted octanol–water partition coefficient (Wildman–Crippen LogP) is 1.35. The van der Waals surface area contributed by atoms with E-state index in [2.05, 4.69) is 4.98 Å². The van der Waals surface area contributed by atoms with Crippen LogP contribution in [0.15, 0.2) is 64.2 Å². The fourth-order valence-electron chi connectivity index (χ4n) is 2.75. The quantitative estimate of drug-likeness (QED) is 0.651. The Balaban J connectivity index is 1.86. The van der Waals surface area contributed by atoms with Crippen molar-refractivity contribution in [3.8, 4) is 5.75 Å².